The van der Waals surface area contributed by atoms with Crippen molar-refractivity contribution in [3.05, 3.63) is 66.3 Å². The molecule has 0 aliphatic carbocycles. The number of benzene rings is 1. The third-order valence-electron chi connectivity index (χ3n) is 6.18. The minimum Gasteiger partial charge on any atom is -0.508 e. The lowest BCUT2D eigenvalue weighted by molar-refractivity contribution is -0.142. The first kappa shape index (κ1) is 31.2. The number of imidazole rings is 2. The molecule has 14 nitrogen and oxygen atoms in total. The molecule has 0 saturated carbocycles. The zero-order valence-corrected chi connectivity index (χ0v) is 23.2. The van der Waals surface area contributed by atoms with Crippen molar-refractivity contribution < 1.29 is 29.4 Å². The van der Waals surface area contributed by atoms with Gasteiger partial charge in [0.25, 0.3) is 0 Å². The lowest BCUT2D eigenvalue weighted by atomic mass is 10.0. The van der Waals surface area contributed by atoms with E-state index in [2.05, 4.69) is 35.9 Å². The number of thioether (sulfide) groups is 1. The summed E-state index contributed by atoms with van der Waals surface area (Å²) in [6, 6.07) is 1.54. The highest BCUT2D eigenvalue weighted by Gasteiger charge is 2.31. The molecular weight excluding hydrogens is 552 g/mol. The van der Waals surface area contributed by atoms with E-state index in [1.165, 1.54) is 42.7 Å². The van der Waals surface area contributed by atoms with Crippen molar-refractivity contribution in [1.82, 2.24) is 35.9 Å². The highest BCUT2D eigenvalue weighted by atomic mass is 32.2. The summed E-state index contributed by atoms with van der Waals surface area (Å²) in [5.41, 5.74) is 7.86. The molecule has 0 spiro atoms. The van der Waals surface area contributed by atoms with Crippen LogP contribution in [0.1, 0.15) is 23.4 Å². The summed E-state index contributed by atoms with van der Waals surface area (Å²) in [6.45, 7) is 0. The van der Waals surface area contributed by atoms with Crippen LogP contribution < -0.4 is 21.7 Å². The van der Waals surface area contributed by atoms with Gasteiger partial charge in [-0.2, -0.15) is 11.8 Å². The molecule has 1 aromatic carbocycles. The van der Waals surface area contributed by atoms with Gasteiger partial charge < -0.3 is 41.9 Å². The number of nitrogens with one attached hydrogen (secondary N) is 5. The van der Waals surface area contributed by atoms with E-state index in [-0.39, 0.29) is 31.4 Å². The smallest absolute Gasteiger partial charge is 0.326 e. The lowest BCUT2D eigenvalue weighted by Crippen LogP contribution is -2.58. The van der Waals surface area contributed by atoms with Crippen LogP contribution in [0.25, 0.3) is 0 Å². The van der Waals surface area contributed by atoms with Crippen molar-refractivity contribution in [2.24, 2.45) is 5.73 Å². The minimum absolute atomic E-state index is 0.0305. The second kappa shape index (κ2) is 15.4. The quantitative estimate of drug-likeness (QED) is 0.107. The Kier molecular flexibility index (Phi) is 11.7. The number of phenols is 1. The standard InChI is InChI=1S/C26H34N8O6S/c1-41-7-6-20(24(37)34-22(26(39)40)8-15-2-4-18(35)5-3-15)32-25(38)21(10-17-12-29-14-31-17)33-23(36)19(27)9-16-11-28-13-30-16/h2-5,11-14,19-22,35H,6-10,27H2,1H3,(H,28,30)(H,29,31)(H,32,38)(H,33,36)(H,34,37)(H,39,40). The zero-order chi connectivity index (χ0) is 29.8. The van der Waals surface area contributed by atoms with Gasteiger partial charge in [0.15, 0.2) is 0 Å². The molecule has 0 radical (unpaired) electrons. The number of hydrogen-bond donors (Lipinski definition) is 8. The Hall–Kier alpha value is -4.37. The maximum atomic E-state index is 13.4. The molecule has 220 valence electrons. The second-order valence-electron chi connectivity index (χ2n) is 9.34. The number of nitrogens with two attached hydrogens (primary N) is 1. The average Bonchev–Trinajstić information content (AvgIpc) is 3.65. The number of aromatic nitrogens is 4. The molecule has 0 bridgehead atoms. The number of carboxylic acids is 1. The number of carboxylic acid groups (broad SMARTS) is 1. The van der Waals surface area contributed by atoms with Crippen molar-refractivity contribution in [3.8, 4) is 5.75 Å². The third-order valence-corrected chi connectivity index (χ3v) is 6.82. The van der Waals surface area contributed by atoms with Crippen LogP contribution >= 0.6 is 11.8 Å². The number of aromatic hydroxyl groups is 1. The number of nitrogens with zero attached hydrogens (tertiary/aromatic N) is 2. The minimum atomic E-state index is -1.28. The zero-order valence-electron chi connectivity index (χ0n) is 22.4. The van der Waals surface area contributed by atoms with E-state index in [0.717, 1.165) is 0 Å². The van der Waals surface area contributed by atoms with Gasteiger partial charge in [-0.05, 0) is 36.1 Å². The Balaban J connectivity index is 1.71. The van der Waals surface area contributed by atoms with E-state index in [1.54, 1.807) is 18.3 Å². The van der Waals surface area contributed by atoms with Crippen LogP contribution in [0.5, 0.6) is 5.75 Å². The van der Waals surface area contributed by atoms with Crippen molar-refractivity contribution in [2.75, 3.05) is 12.0 Å². The number of amides is 3. The number of aliphatic carboxylic acids is 1. The van der Waals surface area contributed by atoms with Crippen LogP contribution in [0.4, 0.5) is 0 Å². The molecule has 3 rings (SSSR count). The highest BCUT2D eigenvalue weighted by molar-refractivity contribution is 7.98. The van der Waals surface area contributed by atoms with Crippen LogP contribution in [-0.4, -0.2) is 90.0 Å². The number of carbonyl (C=O) groups is 4. The summed E-state index contributed by atoms with van der Waals surface area (Å²) in [7, 11) is 0. The molecule has 3 aromatic rings. The van der Waals surface area contributed by atoms with Crippen LogP contribution in [0.15, 0.2) is 49.3 Å². The Bertz CT molecular complexity index is 1270. The number of carbonyl (C=O) groups excluding carboxylic acids is 3. The molecule has 4 unspecified atom stereocenters. The van der Waals surface area contributed by atoms with Crippen LogP contribution in [-0.2, 0) is 38.4 Å². The first-order chi connectivity index (χ1) is 19.7. The third kappa shape index (κ3) is 9.95. The van der Waals surface area contributed by atoms with Crippen LogP contribution in [0, 0.1) is 0 Å². The number of phenolic OH excluding ortho intramolecular Hbond substituents is 1. The summed E-state index contributed by atoms with van der Waals surface area (Å²) < 4.78 is 0. The summed E-state index contributed by atoms with van der Waals surface area (Å²) in [5, 5.41) is 27.0. The Morgan fingerprint density at radius 1 is 0.854 bits per heavy atom. The van der Waals surface area contributed by atoms with Gasteiger partial charge in [-0.15, -0.1) is 0 Å². The Labute approximate surface area is 240 Å². The van der Waals surface area contributed by atoms with Gasteiger partial charge in [0, 0.05) is 43.0 Å². The maximum absolute atomic E-state index is 13.4. The summed E-state index contributed by atoms with van der Waals surface area (Å²) in [6.07, 6.45) is 8.19. The Morgan fingerprint density at radius 2 is 1.41 bits per heavy atom. The van der Waals surface area contributed by atoms with E-state index in [4.69, 9.17) is 5.73 Å². The average molecular weight is 587 g/mol. The van der Waals surface area contributed by atoms with Gasteiger partial charge in [-0.1, -0.05) is 12.1 Å². The van der Waals surface area contributed by atoms with Gasteiger partial charge in [0.05, 0.1) is 18.7 Å². The van der Waals surface area contributed by atoms with Crippen molar-refractivity contribution in [2.45, 2.75) is 49.9 Å². The molecule has 2 aromatic heterocycles. The fraction of sp³-hybridized carbons (Fsp3) is 0.385. The predicted molar refractivity (Wildman–Crippen MR) is 151 cm³/mol. The number of H-pyrrole nitrogens is 2. The first-order valence-corrected chi connectivity index (χ1v) is 14.2. The molecule has 41 heavy (non-hydrogen) atoms. The second-order valence-corrected chi connectivity index (χ2v) is 10.3. The highest BCUT2D eigenvalue weighted by Crippen LogP contribution is 2.12. The lowest BCUT2D eigenvalue weighted by Gasteiger charge is -2.25. The van der Waals surface area contributed by atoms with Gasteiger partial charge in [-0.3, -0.25) is 14.4 Å². The number of rotatable bonds is 16. The molecule has 0 aliphatic rings. The van der Waals surface area contributed by atoms with Gasteiger partial charge >= 0.3 is 5.97 Å². The predicted octanol–water partition coefficient (Wildman–Crippen LogP) is -0.514. The van der Waals surface area contributed by atoms with Gasteiger partial charge in [0.1, 0.15) is 23.9 Å². The largest absolute Gasteiger partial charge is 0.508 e. The topological polar surface area (TPSA) is 228 Å². The Morgan fingerprint density at radius 3 is 1.98 bits per heavy atom. The molecule has 15 heteroatoms. The van der Waals surface area contributed by atoms with Crippen molar-refractivity contribution in [3.63, 3.8) is 0 Å². The molecule has 0 saturated heterocycles. The van der Waals surface area contributed by atoms with Crippen LogP contribution in [0.2, 0.25) is 0 Å². The fourth-order valence-electron chi connectivity index (χ4n) is 3.95. The first-order valence-electron chi connectivity index (χ1n) is 12.8. The normalized spacial score (nSPS) is 13.9. The van der Waals surface area contributed by atoms with Gasteiger partial charge in [-0.25, -0.2) is 14.8 Å². The molecule has 0 fully saturated rings. The molecule has 2 heterocycles. The summed E-state index contributed by atoms with van der Waals surface area (Å²) in [5.74, 6) is -2.62. The van der Waals surface area contributed by atoms with E-state index in [0.29, 0.717) is 22.7 Å². The number of hydrogen-bond acceptors (Lipinski definition) is 9. The maximum Gasteiger partial charge on any atom is 0.326 e. The van der Waals surface area contributed by atoms with E-state index in [1.807, 2.05) is 6.26 Å². The summed E-state index contributed by atoms with van der Waals surface area (Å²) >= 11 is 1.45. The van der Waals surface area contributed by atoms with Crippen LogP contribution in [0.3, 0.4) is 0 Å². The monoisotopic (exact) mass is 586 g/mol. The van der Waals surface area contributed by atoms with E-state index < -0.39 is 47.9 Å². The van der Waals surface area contributed by atoms with Crippen molar-refractivity contribution in [1.29, 1.82) is 0 Å². The molecule has 4 atom stereocenters. The fourth-order valence-corrected chi connectivity index (χ4v) is 4.42. The molecule has 3 amide bonds. The number of aromatic amines is 2. The van der Waals surface area contributed by atoms with Crippen molar-refractivity contribution >= 4 is 35.5 Å². The molecule has 0 aliphatic heterocycles. The SMILES string of the molecule is CSCCC(NC(=O)C(Cc1cnc[nH]1)NC(=O)C(N)Cc1cnc[nH]1)C(=O)NC(Cc1ccc(O)cc1)C(=O)O. The molecular formula is C26H34N8O6S. The molecule has 9 N–H and O–H groups in total. The van der Waals surface area contributed by atoms with Gasteiger partial charge in [0.2, 0.25) is 17.7 Å². The van der Waals surface area contributed by atoms with E-state index >= 15 is 0 Å². The van der Waals surface area contributed by atoms with E-state index in [9.17, 15) is 29.4 Å². The summed E-state index contributed by atoms with van der Waals surface area (Å²) in [4.78, 5) is 65.0.